The average Bonchev–Trinajstić information content (AvgIpc) is 3.60. The normalized spacial score (nSPS) is 15.8. The number of nitro benzene ring substituents is 1. The van der Waals surface area contributed by atoms with E-state index in [1.165, 1.54) is 0 Å². The lowest BCUT2D eigenvalue weighted by molar-refractivity contribution is -0.384. The number of piperazine rings is 1. The number of oxime groups is 1. The number of carboxylic acid groups (broad SMARTS) is 2. The molecule has 0 saturated carbocycles. The average molecular weight is 574 g/mol. The van der Waals surface area contributed by atoms with E-state index in [4.69, 9.17) is 24.6 Å². The molecule has 5 rings (SSSR count). The molecule has 2 aliphatic rings. The molecule has 1 saturated heterocycles. The van der Waals surface area contributed by atoms with Crippen molar-refractivity contribution in [2.24, 2.45) is 5.16 Å². The highest BCUT2D eigenvalue weighted by molar-refractivity contribution is 8.00. The Morgan fingerprint density at radius 3 is 2.38 bits per heavy atom. The van der Waals surface area contributed by atoms with Gasteiger partial charge < -0.3 is 24.5 Å². The molecule has 1 fully saturated rings. The predicted octanol–water partition coefficient (Wildman–Crippen LogP) is 3.32. The highest BCUT2D eigenvalue weighted by Crippen LogP contribution is 2.48. The van der Waals surface area contributed by atoms with Crippen LogP contribution in [0, 0.1) is 10.1 Å². The summed E-state index contributed by atoms with van der Waals surface area (Å²) in [6.45, 7) is 5.72. The van der Waals surface area contributed by atoms with Gasteiger partial charge in [0.2, 0.25) is 0 Å². The smallest absolute Gasteiger partial charge is 0.414 e. The Hall–Kier alpha value is -3.72. The fourth-order valence-corrected chi connectivity index (χ4v) is 6.31. The summed E-state index contributed by atoms with van der Waals surface area (Å²) in [5.74, 6) is -3.65. The molecule has 4 heterocycles. The number of non-ortho nitro benzene ring substituents is 1. The van der Waals surface area contributed by atoms with Crippen LogP contribution in [0.25, 0.3) is 16.8 Å². The largest absolute Gasteiger partial charge is 0.473 e. The lowest BCUT2D eigenvalue weighted by Gasteiger charge is -2.31. The summed E-state index contributed by atoms with van der Waals surface area (Å²) in [5.41, 5.74) is 5.05. The Morgan fingerprint density at radius 2 is 1.79 bits per heavy atom. The number of hydrogen-bond donors (Lipinski definition) is 2. The van der Waals surface area contributed by atoms with E-state index in [1.807, 2.05) is 30.5 Å². The second kappa shape index (κ2) is 12.4. The molecule has 0 radical (unpaired) electrons. The van der Waals surface area contributed by atoms with Gasteiger partial charge in [0.15, 0.2) is 0 Å². The molecule has 206 valence electrons. The second-order valence-corrected chi connectivity index (χ2v) is 10.8. The van der Waals surface area contributed by atoms with Gasteiger partial charge in [-0.1, -0.05) is 5.16 Å². The SMILES string of the molecule is CSc1sc2c(c1-c1ccc([N+](=O)[O-])cc1)-n1cccc1/C2=N/OCCN1CCN(C)CC1.O=C(O)C(=O)O. The Balaban J connectivity index is 0.000000531. The lowest BCUT2D eigenvalue weighted by atomic mass is 10.1. The Labute approximate surface area is 232 Å². The van der Waals surface area contributed by atoms with Crippen LogP contribution in [0.2, 0.25) is 0 Å². The van der Waals surface area contributed by atoms with E-state index >= 15 is 0 Å². The number of nitro groups is 1. The molecular weight excluding hydrogens is 546 g/mol. The molecule has 2 N–H and O–H groups in total. The van der Waals surface area contributed by atoms with Crippen molar-refractivity contribution in [1.82, 2.24) is 14.4 Å². The number of benzene rings is 1. The number of thiophene rings is 1. The third-order valence-electron chi connectivity index (χ3n) is 6.28. The minimum absolute atomic E-state index is 0.0916. The first-order valence-corrected chi connectivity index (χ1v) is 14.0. The van der Waals surface area contributed by atoms with Gasteiger partial charge >= 0.3 is 11.9 Å². The van der Waals surface area contributed by atoms with Crippen molar-refractivity contribution >= 4 is 46.4 Å². The van der Waals surface area contributed by atoms with E-state index in [9.17, 15) is 10.1 Å². The second-order valence-electron chi connectivity index (χ2n) is 8.74. The Kier molecular flexibility index (Phi) is 9.01. The minimum Gasteiger partial charge on any atom is -0.473 e. The van der Waals surface area contributed by atoms with Gasteiger partial charge in [-0.25, -0.2) is 9.59 Å². The quantitative estimate of drug-likeness (QED) is 0.111. The topological polar surface area (TPSA) is 151 Å². The summed E-state index contributed by atoms with van der Waals surface area (Å²) < 4.78 is 3.30. The van der Waals surface area contributed by atoms with Crippen LogP contribution in [0.5, 0.6) is 0 Å². The first kappa shape index (κ1) is 28.3. The molecule has 14 heteroatoms. The monoisotopic (exact) mass is 573 g/mol. The van der Waals surface area contributed by atoms with Gasteiger partial charge in [0.1, 0.15) is 12.3 Å². The summed E-state index contributed by atoms with van der Waals surface area (Å²) in [7, 11) is 2.15. The molecule has 0 aliphatic carbocycles. The molecule has 0 atom stereocenters. The first-order chi connectivity index (χ1) is 18.7. The third-order valence-corrected chi connectivity index (χ3v) is 8.59. The standard InChI is InChI=1S/C23H25N5O3S2.C2H2O4/c1-25-10-12-26(13-11-25)14-15-31-24-20-18-4-3-9-27(18)21-19(23(32-2)33-22(20)21)16-5-7-17(8-6-16)28(29)30;3-1(4)2(5)6/h3-9H,10-15H2,1-2H3;(H,3,4)(H,5,6)/b24-20-;. The van der Waals surface area contributed by atoms with Crippen LogP contribution in [0.4, 0.5) is 5.69 Å². The number of rotatable bonds is 7. The lowest BCUT2D eigenvalue weighted by Crippen LogP contribution is -2.45. The predicted molar refractivity (Wildman–Crippen MR) is 148 cm³/mol. The van der Waals surface area contributed by atoms with E-state index in [0.29, 0.717) is 6.61 Å². The van der Waals surface area contributed by atoms with Crippen LogP contribution in [0.15, 0.2) is 52.0 Å². The molecule has 2 aliphatic heterocycles. The van der Waals surface area contributed by atoms with E-state index < -0.39 is 11.9 Å². The summed E-state index contributed by atoms with van der Waals surface area (Å²) in [6.07, 6.45) is 4.09. The molecule has 2 aromatic heterocycles. The molecule has 0 amide bonds. The number of carbonyl (C=O) groups is 2. The number of thioether (sulfide) groups is 1. The highest BCUT2D eigenvalue weighted by atomic mass is 32.2. The first-order valence-electron chi connectivity index (χ1n) is 11.9. The number of nitrogens with zero attached hydrogens (tertiary/aromatic N) is 5. The van der Waals surface area contributed by atoms with Gasteiger partial charge in [-0.15, -0.1) is 23.1 Å². The van der Waals surface area contributed by atoms with Gasteiger partial charge in [0, 0.05) is 56.6 Å². The van der Waals surface area contributed by atoms with E-state index in [0.717, 1.165) is 70.0 Å². The van der Waals surface area contributed by atoms with Crippen molar-refractivity contribution in [2.45, 2.75) is 4.21 Å². The molecule has 0 unspecified atom stereocenters. The van der Waals surface area contributed by atoms with Gasteiger partial charge in [-0.05, 0) is 43.1 Å². The molecule has 3 aromatic rings. The third kappa shape index (κ3) is 6.30. The van der Waals surface area contributed by atoms with Gasteiger partial charge in [-0.3, -0.25) is 15.0 Å². The fraction of sp³-hybridized carbons (Fsp3) is 0.320. The van der Waals surface area contributed by atoms with Crippen molar-refractivity contribution in [2.75, 3.05) is 52.6 Å². The zero-order valence-electron chi connectivity index (χ0n) is 21.3. The van der Waals surface area contributed by atoms with Gasteiger partial charge in [0.25, 0.3) is 5.69 Å². The molecule has 1 aromatic carbocycles. The molecule has 0 spiro atoms. The summed E-state index contributed by atoms with van der Waals surface area (Å²) in [5, 5.41) is 30.4. The number of aliphatic carboxylic acids is 2. The van der Waals surface area contributed by atoms with Crippen molar-refractivity contribution in [3.63, 3.8) is 0 Å². The molecule has 0 bridgehead atoms. The zero-order chi connectivity index (χ0) is 28.1. The number of carboxylic acids is 2. The Morgan fingerprint density at radius 1 is 1.13 bits per heavy atom. The van der Waals surface area contributed by atoms with Crippen molar-refractivity contribution in [3.05, 3.63) is 63.3 Å². The van der Waals surface area contributed by atoms with Crippen molar-refractivity contribution < 1.29 is 29.6 Å². The molecule has 12 nitrogen and oxygen atoms in total. The molecular formula is C25H27N5O7S2. The zero-order valence-corrected chi connectivity index (χ0v) is 22.9. The number of fused-ring (bicyclic) bond motifs is 3. The molecule has 39 heavy (non-hydrogen) atoms. The Bertz CT molecular complexity index is 1380. The van der Waals surface area contributed by atoms with Crippen LogP contribution in [0.1, 0.15) is 10.6 Å². The number of aromatic nitrogens is 1. The van der Waals surface area contributed by atoms with Gasteiger partial charge in [0.05, 0.1) is 25.4 Å². The van der Waals surface area contributed by atoms with Crippen LogP contribution in [-0.2, 0) is 14.4 Å². The van der Waals surface area contributed by atoms with Crippen LogP contribution >= 0.6 is 23.1 Å². The van der Waals surface area contributed by atoms with Crippen LogP contribution in [0.3, 0.4) is 0 Å². The van der Waals surface area contributed by atoms with Gasteiger partial charge in [-0.2, -0.15) is 0 Å². The fourth-order valence-electron chi connectivity index (χ4n) is 4.27. The maximum absolute atomic E-state index is 11.1. The van der Waals surface area contributed by atoms with E-state index in [-0.39, 0.29) is 10.6 Å². The van der Waals surface area contributed by atoms with Crippen molar-refractivity contribution in [3.8, 4) is 16.8 Å². The highest BCUT2D eigenvalue weighted by Gasteiger charge is 2.33. The summed E-state index contributed by atoms with van der Waals surface area (Å²) in [6, 6.07) is 10.8. The number of likely N-dealkylation sites (N-methyl/N-ethyl adjacent to an activating group) is 1. The maximum atomic E-state index is 11.1. The van der Waals surface area contributed by atoms with Crippen LogP contribution in [-0.4, -0.2) is 99.8 Å². The number of hydrogen-bond acceptors (Lipinski definition) is 10. The van der Waals surface area contributed by atoms with E-state index in [1.54, 1.807) is 35.2 Å². The summed E-state index contributed by atoms with van der Waals surface area (Å²) in [4.78, 5) is 40.5. The van der Waals surface area contributed by atoms with Crippen LogP contribution < -0.4 is 0 Å². The maximum Gasteiger partial charge on any atom is 0.414 e. The van der Waals surface area contributed by atoms with Crippen molar-refractivity contribution in [1.29, 1.82) is 0 Å². The van der Waals surface area contributed by atoms with E-state index in [2.05, 4.69) is 32.8 Å². The summed E-state index contributed by atoms with van der Waals surface area (Å²) >= 11 is 3.37. The minimum atomic E-state index is -1.82.